The van der Waals surface area contributed by atoms with Crippen LogP contribution in [-0.2, 0) is 17.8 Å². The van der Waals surface area contributed by atoms with Crippen molar-refractivity contribution >= 4 is 11.9 Å². The minimum atomic E-state index is -0.411. The molecule has 0 unspecified atom stereocenters. The molecule has 0 radical (unpaired) electrons. The highest BCUT2D eigenvalue weighted by molar-refractivity contribution is 5.88. The Morgan fingerprint density at radius 3 is 2.69 bits per heavy atom. The van der Waals surface area contributed by atoms with Gasteiger partial charge in [-0.3, -0.25) is 10.1 Å². The van der Waals surface area contributed by atoms with Gasteiger partial charge in [0, 0.05) is 6.42 Å². The number of anilines is 1. The van der Waals surface area contributed by atoms with Crippen LogP contribution in [0.15, 0.2) is 48.8 Å². The van der Waals surface area contributed by atoms with Crippen LogP contribution in [0.3, 0.4) is 0 Å². The number of halogens is 1. The zero-order valence-corrected chi connectivity index (χ0v) is 15.9. The predicted molar refractivity (Wildman–Crippen MR) is 105 cm³/mol. The van der Waals surface area contributed by atoms with Gasteiger partial charge in [-0.05, 0) is 48.2 Å². The van der Waals surface area contributed by atoms with Gasteiger partial charge in [0.2, 0.25) is 11.9 Å². The summed E-state index contributed by atoms with van der Waals surface area (Å²) in [5.41, 5.74) is 2.37. The van der Waals surface area contributed by atoms with Gasteiger partial charge in [0.1, 0.15) is 6.33 Å². The first-order valence-electron chi connectivity index (χ1n) is 9.08. The summed E-state index contributed by atoms with van der Waals surface area (Å²) in [6, 6.07) is 14.0. The smallest absolute Gasteiger partial charge is 0.248 e. The number of amides is 1. The summed E-state index contributed by atoms with van der Waals surface area (Å²) in [6.45, 7) is 0.484. The summed E-state index contributed by atoms with van der Waals surface area (Å²) >= 11 is 0. The molecule has 0 saturated carbocycles. The summed E-state index contributed by atoms with van der Waals surface area (Å²) in [7, 11) is 1.42. The number of nitriles is 1. The van der Waals surface area contributed by atoms with E-state index in [4.69, 9.17) is 10.00 Å². The fourth-order valence-corrected chi connectivity index (χ4v) is 2.81. The lowest BCUT2D eigenvalue weighted by atomic mass is 10.1. The highest BCUT2D eigenvalue weighted by Crippen LogP contribution is 2.18. The van der Waals surface area contributed by atoms with Gasteiger partial charge in [-0.25, -0.2) is 14.1 Å². The molecule has 1 heterocycles. The normalized spacial score (nSPS) is 10.4. The van der Waals surface area contributed by atoms with E-state index < -0.39 is 5.82 Å². The van der Waals surface area contributed by atoms with Crippen LogP contribution in [0.1, 0.15) is 29.5 Å². The van der Waals surface area contributed by atoms with E-state index in [2.05, 4.69) is 21.5 Å². The average molecular weight is 393 g/mol. The standard InChI is InChI=1S/C21H20FN5O2/c1-29-19-10-9-15(11-18(19)22)3-2-4-20(28)25-21-24-14-27(26-21)13-17-7-5-16(12-23)6-8-17/h5-11,14H,2-4,13H2,1H3,(H,25,26,28). The fraction of sp³-hybridized carbons (Fsp3) is 0.238. The van der Waals surface area contributed by atoms with Crippen molar-refractivity contribution in [3.63, 3.8) is 0 Å². The molecule has 3 rings (SSSR count). The van der Waals surface area contributed by atoms with Crippen molar-refractivity contribution in [2.24, 2.45) is 0 Å². The maximum absolute atomic E-state index is 13.7. The molecular formula is C21H20FN5O2. The molecule has 148 valence electrons. The van der Waals surface area contributed by atoms with Crippen LogP contribution >= 0.6 is 0 Å². The monoisotopic (exact) mass is 393 g/mol. The number of ether oxygens (including phenoxy) is 1. The fourth-order valence-electron chi connectivity index (χ4n) is 2.81. The van der Waals surface area contributed by atoms with Gasteiger partial charge in [0.25, 0.3) is 0 Å². The third-order valence-corrected chi connectivity index (χ3v) is 4.30. The van der Waals surface area contributed by atoms with Gasteiger partial charge < -0.3 is 4.74 Å². The number of methoxy groups -OCH3 is 1. The van der Waals surface area contributed by atoms with Crippen LogP contribution < -0.4 is 10.1 Å². The third-order valence-electron chi connectivity index (χ3n) is 4.30. The van der Waals surface area contributed by atoms with Crippen LogP contribution in [0.4, 0.5) is 10.3 Å². The Balaban J connectivity index is 1.46. The molecule has 0 aliphatic heterocycles. The third kappa shape index (κ3) is 5.62. The number of aromatic nitrogens is 3. The number of aryl methyl sites for hydroxylation is 1. The molecule has 1 amide bonds. The van der Waals surface area contributed by atoms with Crippen molar-refractivity contribution < 1.29 is 13.9 Å². The molecule has 0 saturated heterocycles. The lowest BCUT2D eigenvalue weighted by molar-refractivity contribution is -0.116. The Bertz CT molecular complexity index is 1020. The highest BCUT2D eigenvalue weighted by Gasteiger charge is 2.08. The van der Waals surface area contributed by atoms with Gasteiger partial charge in [-0.15, -0.1) is 5.10 Å². The molecule has 2 aromatic carbocycles. The maximum Gasteiger partial charge on any atom is 0.248 e. The van der Waals surface area contributed by atoms with E-state index in [1.807, 2.05) is 12.1 Å². The Morgan fingerprint density at radius 2 is 2.00 bits per heavy atom. The number of benzene rings is 2. The van der Waals surface area contributed by atoms with E-state index in [1.165, 1.54) is 19.5 Å². The number of hydrogen-bond acceptors (Lipinski definition) is 5. The molecule has 0 fully saturated rings. The summed E-state index contributed by atoms with van der Waals surface area (Å²) < 4.78 is 20.2. The molecule has 0 aliphatic rings. The van der Waals surface area contributed by atoms with Gasteiger partial charge in [-0.2, -0.15) is 5.26 Å². The minimum Gasteiger partial charge on any atom is -0.494 e. The molecule has 1 aromatic heterocycles. The topological polar surface area (TPSA) is 92.8 Å². The van der Waals surface area contributed by atoms with Crippen molar-refractivity contribution in [3.8, 4) is 11.8 Å². The first kappa shape index (κ1) is 20.0. The first-order valence-corrected chi connectivity index (χ1v) is 9.08. The number of hydrogen-bond donors (Lipinski definition) is 1. The molecular weight excluding hydrogens is 373 g/mol. The van der Waals surface area contributed by atoms with E-state index in [9.17, 15) is 9.18 Å². The molecule has 29 heavy (non-hydrogen) atoms. The van der Waals surface area contributed by atoms with Crippen LogP contribution in [-0.4, -0.2) is 27.8 Å². The van der Waals surface area contributed by atoms with Crippen molar-refractivity contribution in [1.29, 1.82) is 5.26 Å². The number of carbonyl (C=O) groups excluding carboxylic acids is 1. The quantitative estimate of drug-likeness (QED) is 0.634. The van der Waals surface area contributed by atoms with Crippen LogP contribution in [0.2, 0.25) is 0 Å². The Morgan fingerprint density at radius 1 is 1.24 bits per heavy atom. The summed E-state index contributed by atoms with van der Waals surface area (Å²) in [5.74, 6) is -0.171. The van der Waals surface area contributed by atoms with E-state index in [1.54, 1.807) is 28.9 Å². The Hall–Kier alpha value is -3.73. The lowest BCUT2D eigenvalue weighted by Crippen LogP contribution is -2.13. The maximum atomic E-state index is 13.7. The average Bonchev–Trinajstić information content (AvgIpc) is 3.15. The predicted octanol–water partition coefficient (Wildman–Crippen LogP) is 3.31. The second-order valence-corrected chi connectivity index (χ2v) is 6.45. The molecule has 0 spiro atoms. The van der Waals surface area contributed by atoms with E-state index >= 15 is 0 Å². The zero-order chi connectivity index (χ0) is 20.6. The van der Waals surface area contributed by atoms with Crippen LogP contribution in [0, 0.1) is 17.1 Å². The summed E-state index contributed by atoms with van der Waals surface area (Å²) in [6.07, 6.45) is 2.96. The Kier molecular flexibility index (Phi) is 6.53. The summed E-state index contributed by atoms with van der Waals surface area (Å²) in [5, 5.41) is 15.7. The number of carbonyl (C=O) groups is 1. The molecule has 0 atom stereocenters. The SMILES string of the molecule is COc1ccc(CCCC(=O)Nc2ncn(Cc3ccc(C#N)cc3)n2)cc1F. The minimum absolute atomic E-state index is 0.199. The molecule has 8 heteroatoms. The first-order chi connectivity index (χ1) is 14.1. The van der Waals surface area contributed by atoms with E-state index in [0.29, 0.717) is 24.9 Å². The van der Waals surface area contributed by atoms with Gasteiger partial charge in [0.15, 0.2) is 11.6 Å². The number of nitrogens with zero attached hydrogens (tertiary/aromatic N) is 4. The molecule has 1 N–H and O–H groups in total. The van der Waals surface area contributed by atoms with E-state index in [0.717, 1.165) is 11.1 Å². The second kappa shape index (κ2) is 9.46. The van der Waals surface area contributed by atoms with E-state index in [-0.39, 0.29) is 24.0 Å². The number of rotatable bonds is 8. The van der Waals surface area contributed by atoms with Gasteiger partial charge in [0.05, 0.1) is 25.3 Å². The molecule has 7 nitrogen and oxygen atoms in total. The second-order valence-electron chi connectivity index (χ2n) is 6.45. The zero-order valence-electron chi connectivity index (χ0n) is 15.9. The van der Waals surface area contributed by atoms with Crippen molar-refractivity contribution in [3.05, 3.63) is 71.3 Å². The molecule has 3 aromatic rings. The van der Waals surface area contributed by atoms with Crippen molar-refractivity contribution in [1.82, 2.24) is 14.8 Å². The molecule has 0 aliphatic carbocycles. The highest BCUT2D eigenvalue weighted by atomic mass is 19.1. The van der Waals surface area contributed by atoms with Crippen LogP contribution in [0.5, 0.6) is 5.75 Å². The largest absolute Gasteiger partial charge is 0.494 e. The van der Waals surface area contributed by atoms with Crippen LogP contribution in [0.25, 0.3) is 0 Å². The van der Waals surface area contributed by atoms with Gasteiger partial charge >= 0.3 is 0 Å². The molecule has 0 bridgehead atoms. The van der Waals surface area contributed by atoms with Gasteiger partial charge in [-0.1, -0.05) is 18.2 Å². The lowest BCUT2D eigenvalue weighted by Gasteiger charge is -2.05. The van der Waals surface area contributed by atoms with Crippen molar-refractivity contribution in [2.75, 3.05) is 12.4 Å². The summed E-state index contributed by atoms with van der Waals surface area (Å²) in [4.78, 5) is 16.2. The Labute approximate surface area is 167 Å². The van der Waals surface area contributed by atoms with Crippen molar-refractivity contribution in [2.45, 2.75) is 25.8 Å². The number of nitrogens with one attached hydrogen (secondary N) is 1.